The zero-order valence-electron chi connectivity index (χ0n) is 23.7. The summed E-state index contributed by atoms with van der Waals surface area (Å²) in [5, 5.41) is 4.67. The van der Waals surface area contributed by atoms with Gasteiger partial charge in [0.25, 0.3) is 0 Å². The van der Waals surface area contributed by atoms with Gasteiger partial charge in [-0.3, -0.25) is 0 Å². The zero-order valence-corrected chi connectivity index (χ0v) is 25.8. The van der Waals surface area contributed by atoms with Crippen molar-refractivity contribution < 1.29 is 0 Å². The molecule has 0 rings (SSSR count). The van der Waals surface area contributed by atoms with Crippen LogP contribution in [-0.2, 0) is 0 Å². The van der Waals surface area contributed by atoms with E-state index in [4.69, 9.17) is 0 Å². The topological polar surface area (TPSA) is 9.72 Å². The Labute approximate surface area is 202 Å². The molecule has 0 heterocycles. The molecule has 0 bridgehead atoms. The third-order valence-corrected chi connectivity index (χ3v) is 13.5. The number of hydrogen-bond donors (Lipinski definition) is 0. The molecule has 3 nitrogen and oxygen atoms in total. The van der Waals surface area contributed by atoms with Crippen LogP contribution in [0.25, 0.3) is 0 Å². The van der Waals surface area contributed by atoms with Crippen molar-refractivity contribution >= 4 is 14.3 Å². The Kier molecular flexibility index (Phi) is 17.2. The van der Waals surface area contributed by atoms with E-state index in [0.717, 1.165) is 0 Å². The molecule has 0 aliphatic rings. The van der Waals surface area contributed by atoms with Crippen molar-refractivity contribution in [2.24, 2.45) is 0 Å². The first kappa shape index (κ1) is 31.4. The molecule has 31 heavy (non-hydrogen) atoms. The van der Waals surface area contributed by atoms with Crippen molar-refractivity contribution in [3.63, 3.8) is 0 Å². The van der Waals surface area contributed by atoms with Crippen molar-refractivity contribution in [3.05, 3.63) is 0 Å². The molecule has 0 fully saturated rings. The predicted octanol–water partition coefficient (Wildman–Crippen LogP) is 7.01. The van der Waals surface area contributed by atoms with E-state index < -0.39 is 14.3 Å². The molecular weight excluding hydrogens is 439 g/mol. The Morgan fingerprint density at radius 3 is 0.742 bits per heavy atom. The molecule has 0 aromatic heterocycles. The summed E-state index contributed by atoms with van der Waals surface area (Å²) in [6, 6.07) is 4.00. The van der Waals surface area contributed by atoms with Crippen molar-refractivity contribution in [1.29, 1.82) is 0 Å². The Morgan fingerprint density at radius 1 is 0.387 bits per heavy atom. The van der Waals surface area contributed by atoms with Gasteiger partial charge >= 0.3 is 203 Å². The number of rotatable bonds is 18. The van der Waals surface area contributed by atoms with Gasteiger partial charge in [-0.2, -0.15) is 0 Å². The molecule has 0 amide bonds. The molecule has 4 heteroatoms. The Hall–Kier alpha value is 0.423. The van der Waals surface area contributed by atoms with Crippen LogP contribution >= 0.6 is 0 Å². The number of nitrogens with zero attached hydrogens (tertiary/aromatic N) is 3. The molecular formula is C27H60GeN3. The summed E-state index contributed by atoms with van der Waals surface area (Å²) in [6.07, 6.45) is 4.26. The Morgan fingerprint density at radius 2 is 0.581 bits per heavy atom. The van der Waals surface area contributed by atoms with Crippen LogP contribution in [0.5, 0.6) is 0 Å². The molecule has 0 atom stereocenters. The SMILES string of the molecule is CC(C)N(CC[CH2][Ge]([CH2]CCN(C(C)C)C(C)C)[CH2]CCN(C(C)C)C(C)C)C(C)C. The molecule has 0 N–H and O–H groups in total. The standard InChI is InChI=1S/C27H60GeN3/c1-22(2)29(23(3)4)19-13-16-28(17-14-20-30(24(5)6)25(7)8)18-15-21-31(26(9)10)27(11)12/h22-27H,13-21H2,1-12H3. The molecule has 1 radical (unpaired) electrons. The van der Waals surface area contributed by atoms with E-state index in [9.17, 15) is 0 Å². The van der Waals surface area contributed by atoms with E-state index in [1.54, 1.807) is 15.8 Å². The van der Waals surface area contributed by atoms with Gasteiger partial charge in [-0.15, -0.1) is 0 Å². The van der Waals surface area contributed by atoms with Crippen LogP contribution < -0.4 is 0 Å². The van der Waals surface area contributed by atoms with Crippen LogP contribution in [0.15, 0.2) is 0 Å². The van der Waals surface area contributed by atoms with Crippen LogP contribution in [0.1, 0.15) is 102 Å². The zero-order chi connectivity index (χ0) is 24.1. The Balaban J connectivity index is 4.80. The average molecular weight is 499 g/mol. The molecule has 187 valence electrons. The van der Waals surface area contributed by atoms with Gasteiger partial charge < -0.3 is 0 Å². The maximum absolute atomic E-state index is 2.69. The van der Waals surface area contributed by atoms with Gasteiger partial charge in [-0.1, -0.05) is 0 Å². The molecule has 0 unspecified atom stereocenters. The molecule has 0 saturated carbocycles. The summed E-state index contributed by atoms with van der Waals surface area (Å²) in [7, 11) is 0. The van der Waals surface area contributed by atoms with Gasteiger partial charge in [-0.25, -0.2) is 0 Å². The summed E-state index contributed by atoms with van der Waals surface area (Å²) >= 11 is -0.990. The first-order chi connectivity index (χ1) is 14.4. The van der Waals surface area contributed by atoms with Crippen molar-refractivity contribution in [2.45, 2.75) is 154 Å². The minimum atomic E-state index is -0.990. The summed E-state index contributed by atoms with van der Waals surface area (Å²) in [5.41, 5.74) is 0. The summed E-state index contributed by atoms with van der Waals surface area (Å²) in [6.45, 7) is 32.2. The van der Waals surface area contributed by atoms with Crippen molar-refractivity contribution in [2.75, 3.05) is 19.6 Å². The molecule has 0 saturated heterocycles. The predicted molar refractivity (Wildman–Crippen MR) is 145 cm³/mol. The van der Waals surface area contributed by atoms with E-state index in [1.807, 2.05) is 0 Å². The first-order valence-corrected chi connectivity index (χ1v) is 17.9. The van der Waals surface area contributed by atoms with Gasteiger partial charge in [0.15, 0.2) is 0 Å². The minimum absolute atomic E-state index is 0.666. The third-order valence-electron chi connectivity index (χ3n) is 6.82. The fourth-order valence-corrected chi connectivity index (χ4v) is 11.0. The second kappa shape index (κ2) is 16.9. The van der Waals surface area contributed by atoms with Crippen LogP contribution in [-0.4, -0.2) is 84.9 Å². The molecule has 0 aromatic carbocycles. The molecule has 0 spiro atoms. The molecule has 0 aliphatic heterocycles. The van der Waals surface area contributed by atoms with Crippen LogP contribution in [0.4, 0.5) is 0 Å². The summed E-state index contributed by atoms with van der Waals surface area (Å²) in [4.78, 5) is 8.07. The monoisotopic (exact) mass is 500 g/mol. The van der Waals surface area contributed by atoms with Gasteiger partial charge in [-0.05, 0) is 0 Å². The number of hydrogen-bond acceptors (Lipinski definition) is 3. The van der Waals surface area contributed by atoms with Gasteiger partial charge in [0.1, 0.15) is 0 Å². The normalized spacial score (nSPS) is 13.4. The fourth-order valence-electron chi connectivity index (χ4n) is 5.25. The molecule has 0 aromatic rings. The van der Waals surface area contributed by atoms with Gasteiger partial charge in [0.2, 0.25) is 0 Å². The van der Waals surface area contributed by atoms with E-state index in [0.29, 0.717) is 36.3 Å². The molecule has 0 aliphatic carbocycles. The fraction of sp³-hybridized carbons (Fsp3) is 1.00. The van der Waals surface area contributed by atoms with Crippen LogP contribution in [0.3, 0.4) is 0 Å². The Bertz CT molecular complexity index is 335. The van der Waals surface area contributed by atoms with Crippen molar-refractivity contribution in [1.82, 2.24) is 14.7 Å². The van der Waals surface area contributed by atoms with E-state index >= 15 is 0 Å². The van der Waals surface area contributed by atoms with E-state index in [-0.39, 0.29) is 0 Å². The van der Waals surface area contributed by atoms with E-state index in [2.05, 4.69) is 97.8 Å². The third kappa shape index (κ3) is 13.7. The summed E-state index contributed by atoms with van der Waals surface area (Å²) in [5.74, 6) is 0. The second-order valence-electron chi connectivity index (χ2n) is 11.3. The summed E-state index contributed by atoms with van der Waals surface area (Å²) < 4.78 is 0. The quantitative estimate of drug-likeness (QED) is 0.188. The van der Waals surface area contributed by atoms with E-state index in [1.165, 1.54) is 38.9 Å². The average Bonchev–Trinajstić information content (AvgIpc) is 2.62. The van der Waals surface area contributed by atoms with Gasteiger partial charge in [0, 0.05) is 0 Å². The van der Waals surface area contributed by atoms with Gasteiger partial charge in [0.05, 0.1) is 0 Å². The second-order valence-corrected chi connectivity index (χ2v) is 17.6. The maximum atomic E-state index is 2.69. The van der Waals surface area contributed by atoms with Crippen molar-refractivity contribution in [3.8, 4) is 0 Å². The van der Waals surface area contributed by atoms with Crippen LogP contribution in [0.2, 0.25) is 15.8 Å². The van der Waals surface area contributed by atoms with Crippen LogP contribution in [0, 0.1) is 0 Å². The first-order valence-electron chi connectivity index (χ1n) is 13.5.